The van der Waals surface area contributed by atoms with Crippen molar-refractivity contribution in [2.24, 2.45) is 15.8 Å². The van der Waals surface area contributed by atoms with Gasteiger partial charge in [0, 0.05) is 12.6 Å². The minimum Gasteiger partial charge on any atom is -0.480 e. The number of hydrogen-bond acceptors (Lipinski definition) is 4. The smallest absolute Gasteiger partial charge is 0.326 e. The highest BCUT2D eigenvalue weighted by Gasteiger charge is 2.42. The van der Waals surface area contributed by atoms with Crippen LogP contribution in [0, 0.1) is 10.8 Å². The average Bonchev–Trinajstić information content (AvgIpc) is 2.63. The van der Waals surface area contributed by atoms with Gasteiger partial charge in [0.2, 0.25) is 6.08 Å². The minimum absolute atomic E-state index is 0.0357. The fourth-order valence-electron chi connectivity index (χ4n) is 4.63. The van der Waals surface area contributed by atoms with E-state index in [9.17, 15) is 19.5 Å². The Kier molecular flexibility index (Phi) is 7.20. The molecule has 158 valence electrons. The molecule has 0 saturated heterocycles. The van der Waals surface area contributed by atoms with Gasteiger partial charge in [-0.1, -0.05) is 51.1 Å². The SMILES string of the molecule is CC(C(=O)O)N(Cc1ccccc1)C(=O)NC1CC(C)(C)CC(C)(CN=C=O)C1. The lowest BCUT2D eigenvalue weighted by molar-refractivity contribution is -0.141. The number of carboxylic acid groups (broad SMARTS) is 1. The Morgan fingerprint density at radius 1 is 1.28 bits per heavy atom. The van der Waals surface area contributed by atoms with E-state index in [0.717, 1.165) is 18.4 Å². The zero-order valence-electron chi connectivity index (χ0n) is 17.6. The molecule has 0 aliphatic heterocycles. The maximum Gasteiger partial charge on any atom is 0.326 e. The summed E-state index contributed by atoms with van der Waals surface area (Å²) in [5.74, 6) is -1.05. The third-order valence-electron chi connectivity index (χ3n) is 5.58. The highest BCUT2D eigenvalue weighted by Crippen LogP contribution is 2.46. The molecule has 1 aliphatic carbocycles. The van der Waals surface area contributed by atoms with Crippen LogP contribution in [0.4, 0.5) is 4.79 Å². The molecule has 2 amide bonds. The first-order valence-corrected chi connectivity index (χ1v) is 9.93. The van der Waals surface area contributed by atoms with E-state index < -0.39 is 18.0 Å². The van der Waals surface area contributed by atoms with Crippen molar-refractivity contribution >= 4 is 18.1 Å². The molecular weight excluding hydrogens is 370 g/mol. The lowest BCUT2D eigenvalue weighted by Gasteiger charge is -2.46. The number of carbonyl (C=O) groups excluding carboxylic acids is 2. The predicted octanol–water partition coefficient (Wildman–Crippen LogP) is 3.59. The van der Waals surface area contributed by atoms with Crippen molar-refractivity contribution in [2.75, 3.05) is 6.54 Å². The second-order valence-corrected chi connectivity index (χ2v) is 9.24. The van der Waals surface area contributed by atoms with Gasteiger partial charge in [-0.15, -0.1) is 0 Å². The third kappa shape index (κ3) is 6.43. The molecule has 7 heteroatoms. The van der Waals surface area contributed by atoms with E-state index in [-0.39, 0.29) is 23.4 Å². The van der Waals surface area contributed by atoms with Crippen LogP contribution in [0.2, 0.25) is 0 Å². The quantitative estimate of drug-likeness (QED) is 0.539. The van der Waals surface area contributed by atoms with Crippen molar-refractivity contribution in [3.05, 3.63) is 35.9 Å². The Morgan fingerprint density at radius 2 is 1.93 bits per heavy atom. The van der Waals surface area contributed by atoms with Crippen molar-refractivity contribution in [3.8, 4) is 0 Å². The molecular formula is C22H31N3O4. The first-order valence-electron chi connectivity index (χ1n) is 9.93. The Labute approximate surface area is 172 Å². The van der Waals surface area contributed by atoms with E-state index in [0.29, 0.717) is 13.0 Å². The topological polar surface area (TPSA) is 99.1 Å². The first kappa shape index (κ1) is 22.6. The average molecular weight is 402 g/mol. The van der Waals surface area contributed by atoms with Crippen LogP contribution in [-0.2, 0) is 16.1 Å². The summed E-state index contributed by atoms with van der Waals surface area (Å²) in [5.41, 5.74) is 0.608. The molecule has 1 saturated carbocycles. The van der Waals surface area contributed by atoms with Crippen LogP contribution in [0.1, 0.15) is 52.5 Å². The molecule has 1 aromatic rings. The number of aliphatic carboxylic acids is 1. The molecule has 2 rings (SSSR count). The number of isocyanates is 1. The zero-order valence-corrected chi connectivity index (χ0v) is 17.6. The van der Waals surface area contributed by atoms with Crippen molar-refractivity contribution in [3.63, 3.8) is 0 Å². The van der Waals surface area contributed by atoms with Gasteiger partial charge in [-0.3, -0.25) is 0 Å². The van der Waals surface area contributed by atoms with Gasteiger partial charge in [0.25, 0.3) is 0 Å². The number of nitrogens with zero attached hydrogens (tertiary/aromatic N) is 2. The van der Waals surface area contributed by atoms with Crippen LogP contribution < -0.4 is 5.32 Å². The summed E-state index contributed by atoms with van der Waals surface area (Å²) >= 11 is 0. The van der Waals surface area contributed by atoms with Gasteiger partial charge in [-0.25, -0.2) is 19.4 Å². The lowest BCUT2D eigenvalue weighted by atomic mass is 9.62. The molecule has 3 unspecified atom stereocenters. The molecule has 7 nitrogen and oxygen atoms in total. The second kappa shape index (κ2) is 9.23. The van der Waals surface area contributed by atoms with Crippen LogP contribution in [0.3, 0.4) is 0 Å². The maximum atomic E-state index is 13.1. The molecule has 0 bridgehead atoms. The summed E-state index contributed by atoms with van der Waals surface area (Å²) in [4.78, 5) is 40.4. The van der Waals surface area contributed by atoms with E-state index in [1.54, 1.807) is 6.08 Å². The highest BCUT2D eigenvalue weighted by atomic mass is 16.4. The number of urea groups is 1. The summed E-state index contributed by atoms with van der Waals surface area (Å²) in [6.45, 7) is 8.42. The molecule has 1 fully saturated rings. The van der Waals surface area contributed by atoms with Crippen molar-refractivity contribution in [2.45, 2.75) is 65.6 Å². The van der Waals surface area contributed by atoms with Gasteiger partial charge < -0.3 is 15.3 Å². The van der Waals surface area contributed by atoms with E-state index in [1.807, 2.05) is 30.3 Å². The summed E-state index contributed by atoms with van der Waals surface area (Å²) in [5, 5.41) is 12.5. The van der Waals surface area contributed by atoms with Crippen molar-refractivity contribution in [1.82, 2.24) is 10.2 Å². The lowest BCUT2D eigenvalue weighted by Crippen LogP contribution is -2.54. The fourth-order valence-corrected chi connectivity index (χ4v) is 4.63. The number of carboxylic acids is 1. The number of benzene rings is 1. The van der Waals surface area contributed by atoms with Crippen LogP contribution in [0.25, 0.3) is 0 Å². The number of nitrogens with one attached hydrogen (secondary N) is 1. The number of rotatable bonds is 7. The molecule has 1 aliphatic rings. The van der Waals surface area contributed by atoms with E-state index in [4.69, 9.17) is 0 Å². The molecule has 0 heterocycles. The fraction of sp³-hybridized carbons (Fsp3) is 0.591. The van der Waals surface area contributed by atoms with Crippen LogP contribution in [0.15, 0.2) is 35.3 Å². The van der Waals surface area contributed by atoms with E-state index >= 15 is 0 Å². The largest absolute Gasteiger partial charge is 0.480 e. The molecule has 2 N–H and O–H groups in total. The predicted molar refractivity (Wildman–Crippen MR) is 110 cm³/mol. The Hall–Kier alpha value is -2.66. The molecule has 0 spiro atoms. The Morgan fingerprint density at radius 3 is 2.52 bits per heavy atom. The van der Waals surface area contributed by atoms with E-state index in [1.165, 1.54) is 11.8 Å². The van der Waals surface area contributed by atoms with Crippen molar-refractivity contribution < 1.29 is 19.5 Å². The second-order valence-electron chi connectivity index (χ2n) is 9.24. The molecule has 3 atom stereocenters. The van der Waals surface area contributed by atoms with Crippen LogP contribution in [-0.4, -0.2) is 46.7 Å². The van der Waals surface area contributed by atoms with Gasteiger partial charge in [-0.2, -0.15) is 0 Å². The summed E-state index contributed by atoms with van der Waals surface area (Å²) in [6, 6.07) is 7.85. The minimum atomic E-state index is -1.05. The summed E-state index contributed by atoms with van der Waals surface area (Å²) in [6.07, 6.45) is 3.95. The van der Waals surface area contributed by atoms with Gasteiger partial charge in [0.1, 0.15) is 6.04 Å². The number of carbonyl (C=O) groups is 2. The van der Waals surface area contributed by atoms with Gasteiger partial charge in [0.15, 0.2) is 0 Å². The number of hydrogen-bond donors (Lipinski definition) is 2. The van der Waals surface area contributed by atoms with Gasteiger partial charge in [0.05, 0.1) is 6.54 Å². The van der Waals surface area contributed by atoms with E-state index in [2.05, 4.69) is 31.1 Å². The maximum absolute atomic E-state index is 13.1. The molecule has 0 aromatic heterocycles. The van der Waals surface area contributed by atoms with Gasteiger partial charge in [-0.05, 0) is 42.6 Å². The summed E-state index contributed by atoms with van der Waals surface area (Å²) < 4.78 is 0. The number of aliphatic imine (C=N–C) groups is 1. The number of amides is 2. The molecule has 29 heavy (non-hydrogen) atoms. The summed E-state index contributed by atoms with van der Waals surface area (Å²) in [7, 11) is 0. The Bertz CT molecular complexity index is 774. The normalized spacial score (nSPS) is 24.1. The highest BCUT2D eigenvalue weighted by molar-refractivity contribution is 5.82. The molecule has 0 radical (unpaired) electrons. The monoisotopic (exact) mass is 401 g/mol. The molecule has 1 aromatic carbocycles. The Balaban J connectivity index is 2.18. The van der Waals surface area contributed by atoms with Crippen LogP contribution in [0.5, 0.6) is 0 Å². The van der Waals surface area contributed by atoms with Crippen molar-refractivity contribution in [1.29, 1.82) is 0 Å². The van der Waals surface area contributed by atoms with Gasteiger partial charge >= 0.3 is 12.0 Å². The third-order valence-corrected chi connectivity index (χ3v) is 5.58. The van der Waals surface area contributed by atoms with Crippen LogP contribution >= 0.6 is 0 Å². The zero-order chi connectivity index (χ0) is 21.7. The standard InChI is InChI=1S/C22H31N3O4/c1-16(19(27)28)25(12-17-8-6-5-7-9-17)20(29)24-18-10-21(2,3)13-22(4,11-18)14-23-15-26/h5-9,16,18H,10-14H2,1-4H3,(H,24,29)(H,27,28). The first-order chi connectivity index (χ1) is 13.6.